The van der Waals surface area contributed by atoms with Crippen molar-refractivity contribution in [1.29, 1.82) is 0 Å². The topological polar surface area (TPSA) is 109 Å². The Morgan fingerprint density at radius 1 is 0.804 bits per heavy atom. The first-order chi connectivity index (χ1) is 27.2. The second kappa shape index (κ2) is 22.7. The van der Waals surface area contributed by atoms with Gasteiger partial charge in [-0.05, 0) is 124 Å². The van der Waals surface area contributed by atoms with Crippen LogP contribution < -0.4 is 0 Å². The van der Waals surface area contributed by atoms with E-state index in [1.165, 1.54) is 37.7 Å². The minimum Gasteiger partial charge on any atom is -0.396 e. The third-order valence-electron chi connectivity index (χ3n) is 15.5. The number of carbonyl (C=O) groups excluding carboxylic acids is 1. The van der Waals surface area contributed by atoms with Gasteiger partial charge in [0, 0.05) is 64.6 Å². The van der Waals surface area contributed by atoms with Gasteiger partial charge in [0.25, 0.3) is 0 Å². The predicted octanol–water partition coefficient (Wildman–Crippen LogP) is 8.97. The van der Waals surface area contributed by atoms with Gasteiger partial charge in [0.15, 0.2) is 0 Å². The summed E-state index contributed by atoms with van der Waals surface area (Å²) in [6.07, 6.45) is 18.8. The molecule has 8 nitrogen and oxygen atoms in total. The lowest BCUT2D eigenvalue weighted by Gasteiger charge is -2.65. The average Bonchev–Trinajstić information content (AvgIpc) is 3.56. The summed E-state index contributed by atoms with van der Waals surface area (Å²) in [5, 5.41) is 28.9. The summed E-state index contributed by atoms with van der Waals surface area (Å²) < 4.78 is 20.1. The van der Waals surface area contributed by atoms with Gasteiger partial charge in [0.2, 0.25) is 5.91 Å². The van der Waals surface area contributed by atoms with Crippen molar-refractivity contribution in [2.24, 2.45) is 46.3 Å². The van der Waals surface area contributed by atoms with Crippen LogP contribution >= 0.6 is 0 Å². The van der Waals surface area contributed by atoms with Crippen LogP contribution in [0.15, 0.2) is 30.3 Å². The average molecular weight is 784 g/mol. The van der Waals surface area contributed by atoms with E-state index in [0.717, 1.165) is 64.3 Å². The van der Waals surface area contributed by atoms with Gasteiger partial charge in [-0.1, -0.05) is 90.1 Å². The summed E-state index contributed by atoms with van der Waals surface area (Å²) in [5.41, 5.74) is 1.33. The number of benzene rings is 1. The Morgan fingerprint density at radius 2 is 1.48 bits per heavy atom. The highest BCUT2D eigenvalue weighted by molar-refractivity contribution is 5.76. The van der Waals surface area contributed by atoms with Crippen molar-refractivity contribution in [1.82, 2.24) is 4.90 Å². The molecule has 0 aliphatic heterocycles. The van der Waals surface area contributed by atoms with E-state index in [1.807, 2.05) is 6.07 Å². The van der Waals surface area contributed by atoms with E-state index in [0.29, 0.717) is 87.6 Å². The van der Waals surface area contributed by atoms with E-state index in [9.17, 15) is 20.1 Å². The minimum atomic E-state index is -0.0479. The number of amides is 1. The van der Waals surface area contributed by atoms with Gasteiger partial charge in [-0.25, -0.2) is 0 Å². The number of rotatable bonds is 25. The molecule has 0 spiro atoms. The third-order valence-corrected chi connectivity index (χ3v) is 15.5. The van der Waals surface area contributed by atoms with Crippen molar-refractivity contribution in [3.05, 3.63) is 35.9 Å². The summed E-state index contributed by atoms with van der Waals surface area (Å²) >= 11 is 0. The highest BCUT2D eigenvalue weighted by atomic mass is 16.5. The molecule has 3 N–H and O–H groups in total. The van der Waals surface area contributed by atoms with Crippen molar-refractivity contribution >= 4 is 5.91 Å². The molecule has 1 aromatic carbocycles. The SMILES string of the molecule is CCCCCCCCN(Cc1ccccc1)C(=O)CCC(C)[C@H]1CC[C@H]2C3[C@H](OCCCO)CC4C[C@H](OCCCO)CC[C@]4(C)[C@H]3C[C@H](OCCCO)[C@]12C. The molecule has 1 amide bonds. The smallest absolute Gasteiger partial charge is 0.222 e. The Labute approximate surface area is 340 Å². The van der Waals surface area contributed by atoms with Gasteiger partial charge in [-0.3, -0.25) is 4.79 Å². The number of unbranched alkanes of at least 4 members (excludes halogenated alkanes) is 5. The quantitative estimate of drug-likeness (QED) is 0.0850. The number of nitrogens with zero attached hydrogens (tertiary/aromatic N) is 1. The molecule has 11 atom stereocenters. The lowest BCUT2D eigenvalue weighted by molar-refractivity contribution is -0.228. The van der Waals surface area contributed by atoms with Crippen molar-refractivity contribution in [3.63, 3.8) is 0 Å². The van der Waals surface area contributed by atoms with Crippen LogP contribution in [0.1, 0.15) is 149 Å². The molecule has 0 aromatic heterocycles. The number of aliphatic hydroxyl groups is 3. The van der Waals surface area contributed by atoms with Gasteiger partial charge < -0.3 is 34.4 Å². The van der Waals surface area contributed by atoms with Crippen molar-refractivity contribution < 1.29 is 34.3 Å². The first kappa shape index (κ1) is 45.5. The molecule has 4 aliphatic carbocycles. The van der Waals surface area contributed by atoms with Gasteiger partial charge in [-0.15, -0.1) is 0 Å². The number of fused-ring (bicyclic) bond motifs is 5. The van der Waals surface area contributed by atoms with Crippen molar-refractivity contribution in [3.8, 4) is 0 Å². The zero-order chi connectivity index (χ0) is 40.0. The molecular weight excluding hydrogens is 703 g/mol. The molecule has 5 rings (SSSR count). The van der Waals surface area contributed by atoms with Gasteiger partial charge >= 0.3 is 0 Å². The summed E-state index contributed by atoms with van der Waals surface area (Å²) in [4.78, 5) is 16.2. The maximum Gasteiger partial charge on any atom is 0.222 e. The Balaban J connectivity index is 1.33. The molecule has 8 heteroatoms. The van der Waals surface area contributed by atoms with Crippen LogP contribution in [0.4, 0.5) is 0 Å². The fourth-order valence-corrected chi connectivity index (χ4v) is 12.4. The fourth-order valence-electron chi connectivity index (χ4n) is 12.4. The van der Waals surface area contributed by atoms with Crippen LogP contribution in [0.2, 0.25) is 0 Å². The molecule has 0 radical (unpaired) electrons. The maximum absolute atomic E-state index is 14.1. The molecule has 320 valence electrons. The normalized spacial score (nSPS) is 33.1. The van der Waals surface area contributed by atoms with Crippen LogP contribution in [0.3, 0.4) is 0 Å². The van der Waals surface area contributed by atoms with Crippen molar-refractivity contribution in [2.45, 2.75) is 168 Å². The first-order valence-corrected chi connectivity index (χ1v) is 23.2. The molecule has 1 aromatic rings. The van der Waals surface area contributed by atoms with E-state index in [1.54, 1.807) is 0 Å². The molecule has 3 unspecified atom stereocenters. The Bertz CT molecular complexity index is 1270. The molecule has 0 bridgehead atoms. The second-order valence-corrected chi connectivity index (χ2v) is 18.9. The molecule has 4 fully saturated rings. The zero-order valence-corrected chi connectivity index (χ0v) is 35.9. The van der Waals surface area contributed by atoms with Crippen molar-refractivity contribution in [2.75, 3.05) is 46.2 Å². The highest BCUT2D eigenvalue weighted by Crippen LogP contribution is 2.69. The zero-order valence-electron chi connectivity index (χ0n) is 35.9. The maximum atomic E-state index is 14.1. The molecule has 4 saturated carbocycles. The molecule has 56 heavy (non-hydrogen) atoms. The highest BCUT2D eigenvalue weighted by Gasteiger charge is 2.66. The number of aliphatic hydroxyl groups excluding tert-OH is 3. The summed E-state index contributed by atoms with van der Waals surface area (Å²) in [5.74, 6) is 2.97. The third kappa shape index (κ3) is 11.2. The number of hydrogen-bond donors (Lipinski definition) is 3. The van der Waals surface area contributed by atoms with Crippen LogP contribution in [0.5, 0.6) is 0 Å². The lowest BCUT2D eigenvalue weighted by Crippen LogP contribution is -2.63. The molecule has 0 saturated heterocycles. The van der Waals surface area contributed by atoms with Crippen LogP contribution in [-0.2, 0) is 25.5 Å². The monoisotopic (exact) mass is 784 g/mol. The predicted molar refractivity (Wildman–Crippen MR) is 224 cm³/mol. The van der Waals surface area contributed by atoms with Crippen LogP contribution in [-0.4, -0.2) is 90.6 Å². The summed E-state index contributed by atoms with van der Waals surface area (Å²) in [7, 11) is 0. The molecule has 4 aliphatic rings. The first-order valence-electron chi connectivity index (χ1n) is 23.2. The van der Waals surface area contributed by atoms with Crippen LogP contribution in [0.25, 0.3) is 0 Å². The standard InChI is InChI=1S/C48H81NO7/c1-5-6-7-8-9-13-25-49(35-37-17-11-10-12-18-37)45(53)22-19-36(2)40-20-21-41-46-42(34-44(48(40,41)4)56-31-16-28-52)47(3)24-23-39(54-29-14-26-50)32-38(47)33-43(46)55-30-15-27-51/h10-12,17-18,36,38-44,46,50-52H,5-9,13-16,19-35H2,1-4H3/t36?,38?,39-,40-,41+,42+,43-,44+,46?,47+,48-/m1/s1. The Kier molecular flexibility index (Phi) is 18.5. The second-order valence-electron chi connectivity index (χ2n) is 18.9. The van der Waals surface area contributed by atoms with Crippen LogP contribution in [0, 0.1) is 46.3 Å². The lowest BCUT2D eigenvalue weighted by atomic mass is 9.43. The Morgan fingerprint density at radius 3 is 2.20 bits per heavy atom. The minimum absolute atomic E-state index is 0.0479. The van der Waals surface area contributed by atoms with E-state index in [4.69, 9.17) is 14.2 Å². The van der Waals surface area contributed by atoms with E-state index in [2.05, 4.69) is 56.9 Å². The van der Waals surface area contributed by atoms with E-state index < -0.39 is 0 Å². The summed E-state index contributed by atoms with van der Waals surface area (Å²) in [6.45, 7) is 13.5. The van der Waals surface area contributed by atoms with Gasteiger partial charge in [0.1, 0.15) is 0 Å². The largest absolute Gasteiger partial charge is 0.396 e. The van der Waals surface area contributed by atoms with E-state index in [-0.39, 0.29) is 54.9 Å². The molecule has 0 heterocycles. The summed E-state index contributed by atoms with van der Waals surface area (Å²) in [6, 6.07) is 10.5. The van der Waals surface area contributed by atoms with Gasteiger partial charge in [0.05, 0.1) is 18.3 Å². The van der Waals surface area contributed by atoms with E-state index >= 15 is 0 Å². The Hall–Kier alpha value is -1.55. The number of carbonyl (C=O) groups is 1. The number of ether oxygens (including phenoxy) is 3. The number of hydrogen-bond acceptors (Lipinski definition) is 7. The molecular formula is C48H81NO7. The fraction of sp³-hybridized carbons (Fsp3) is 0.854. The van der Waals surface area contributed by atoms with Gasteiger partial charge in [-0.2, -0.15) is 0 Å².